The van der Waals surface area contributed by atoms with Crippen LogP contribution in [0.2, 0.25) is 0 Å². The maximum atomic E-state index is 13.6. The molecule has 0 saturated carbocycles. The molecular formula is C26H25N5O4. The Kier molecular flexibility index (Phi) is 5.50. The van der Waals surface area contributed by atoms with Crippen molar-refractivity contribution in [3.63, 3.8) is 0 Å². The first kappa shape index (κ1) is 22.6. The van der Waals surface area contributed by atoms with Crippen molar-refractivity contribution in [2.45, 2.75) is 12.3 Å². The number of nitrogens with one attached hydrogen (secondary N) is 2. The number of hydrogen-bond donors (Lipinski definition) is 3. The molecule has 0 aliphatic carbocycles. The average Bonchev–Trinajstić information content (AvgIpc) is 3.34. The van der Waals surface area contributed by atoms with E-state index in [9.17, 15) is 14.7 Å². The van der Waals surface area contributed by atoms with Crippen LogP contribution < -0.4 is 10.2 Å². The molecule has 0 bridgehead atoms. The highest BCUT2D eigenvalue weighted by molar-refractivity contribution is 6.12. The molecule has 9 heteroatoms. The number of amides is 2. The van der Waals surface area contributed by atoms with E-state index in [1.807, 2.05) is 43.3 Å². The molecule has 0 spiro atoms. The van der Waals surface area contributed by atoms with Crippen molar-refractivity contribution in [1.29, 1.82) is 0 Å². The number of H-pyrrole nitrogens is 1. The molecule has 3 aromatic carbocycles. The van der Waals surface area contributed by atoms with Gasteiger partial charge in [0.2, 0.25) is 5.95 Å². The maximum absolute atomic E-state index is 13.6. The van der Waals surface area contributed by atoms with Crippen LogP contribution in [0, 0.1) is 0 Å². The Balaban J connectivity index is 1.65. The summed E-state index contributed by atoms with van der Waals surface area (Å²) in [5.74, 6) is -0.0765. The number of nitrogens with zero attached hydrogens (tertiary/aromatic N) is 3. The number of hydrogen-bond acceptors (Lipinski definition) is 6. The Bertz CT molecular complexity index is 1450. The summed E-state index contributed by atoms with van der Waals surface area (Å²) in [5.41, 5.74) is 2.41. The summed E-state index contributed by atoms with van der Waals surface area (Å²) in [6, 6.07) is 19.9. The van der Waals surface area contributed by atoms with Crippen LogP contribution >= 0.6 is 0 Å². The highest BCUT2D eigenvalue weighted by atomic mass is 16.5. The first-order chi connectivity index (χ1) is 16.8. The number of benzene rings is 3. The van der Waals surface area contributed by atoms with Gasteiger partial charge in [0.25, 0.3) is 5.91 Å². The number of anilines is 2. The van der Waals surface area contributed by atoms with Crippen LogP contribution in [0.5, 0.6) is 0 Å². The smallest absolute Gasteiger partial charge is 0.413 e. The predicted molar refractivity (Wildman–Crippen MR) is 132 cm³/mol. The van der Waals surface area contributed by atoms with E-state index in [2.05, 4.69) is 20.0 Å². The summed E-state index contributed by atoms with van der Waals surface area (Å²) < 4.78 is 4.62. The van der Waals surface area contributed by atoms with Gasteiger partial charge in [-0.2, -0.15) is 0 Å². The zero-order valence-electron chi connectivity index (χ0n) is 19.6. The van der Waals surface area contributed by atoms with Gasteiger partial charge in [-0.3, -0.25) is 15.0 Å². The second-order valence-electron chi connectivity index (χ2n) is 8.70. The SMILES string of the molecule is COC(=O)Nc1nc2cc(C3(O)c4ccccc4C(=O)N3c3cccc(CN(C)C)c3)ccc2[nH]1. The van der Waals surface area contributed by atoms with Crippen molar-refractivity contribution in [3.8, 4) is 0 Å². The Hall–Kier alpha value is -4.21. The van der Waals surface area contributed by atoms with Crippen molar-refractivity contribution < 1.29 is 19.4 Å². The van der Waals surface area contributed by atoms with E-state index in [1.54, 1.807) is 42.5 Å². The summed E-state index contributed by atoms with van der Waals surface area (Å²) >= 11 is 0. The first-order valence-corrected chi connectivity index (χ1v) is 11.1. The van der Waals surface area contributed by atoms with E-state index >= 15 is 0 Å². The van der Waals surface area contributed by atoms with Gasteiger partial charge in [-0.25, -0.2) is 9.78 Å². The largest absolute Gasteiger partial charge is 0.453 e. The van der Waals surface area contributed by atoms with Gasteiger partial charge in [-0.05, 0) is 50.0 Å². The quantitative estimate of drug-likeness (QED) is 0.410. The average molecular weight is 472 g/mol. The van der Waals surface area contributed by atoms with Crippen LogP contribution in [0.15, 0.2) is 66.7 Å². The number of fused-ring (bicyclic) bond motifs is 2. The third kappa shape index (κ3) is 3.80. The van der Waals surface area contributed by atoms with Crippen LogP contribution in [0.25, 0.3) is 11.0 Å². The van der Waals surface area contributed by atoms with E-state index in [0.29, 0.717) is 40.0 Å². The molecule has 35 heavy (non-hydrogen) atoms. The standard InChI is InChI=1S/C26H25N5O4/c1-30(2)15-16-7-6-8-18(13-16)31-23(32)19-9-4-5-10-20(19)26(31,34)17-11-12-21-22(14-17)28-24(27-21)29-25(33)35-3/h4-14,34H,15H2,1-3H3,(H2,27,28,29,33). The molecule has 5 rings (SSSR count). The van der Waals surface area contributed by atoms with Gasteiger partial charge in [0.15, 0.2) is 5.72 Å². The van der Waals surface area contributed by atoms with Gasteiger partial charge < -0.3 is 19.7 Å². The Labute approximate surface area is 202 Å². The molecule has 2 heterocycles. The molecule has 1 atom stereocenters. The summed E-state index contributed by atoms with van der Waals surface area (Å²) in [4.78, 5) is 36.0. The molecule has 1 unspecified atom stereocenters. The summed E-state index contributed by atoms with van der Waals surface area (Å²) in [7, 11) is 5.22. The molecule has 2 amide bonds. The monoisotopic (exact) mass is 471 g/mol. The number of carbonyl (C=O) groups is 2. The fourth-order valence-electron chi connectivity index (χ4n) is 4.54. The minimum Gasteiger partial charge on any atom is -0.453 e. The predicted octanol–water partition coefficient (Wildman–Crippen LogP) is 3.66. The Morgan fingerprint density at radius 2 is 1.94 bits per heavy atom. The number of imidazole rings is 1. The Morgan fingerprint density at radius 3 is 2.71 bits per heavy atom. The third-order valence-corrected chi connectivity index (χ3v) is 6.02. The van der Waals surface area contributed by atoms with Gasteiger partial charge in [-0.15, -0.1) is 0 Å². The molecule has 4 aromatic rings. The number of aromatic nitrogens is 2. The van der Waals surface area contributed by atoms with Gasteiger partial charge in [-0.1, -0.05) is 36.4 Å². The van der Waals surface area contributed by atoms with E-state index in [-0.39, 0.29) is 11.9 Å². The maximum Gasteiger partial charge on any atom is 0.413 e. The zero-order chi connectivity index (χ0) is 24.7. The summed E-state index contributed by atoms with van der Waals surface area (Å²) in [5, 5.41) is 14.8. The minimum absolute atomic E-state index is 0.215. The lowest BCUT2D eigenvalue weighted by atomic mass is 9.93. The summed E-state index contributed by atoms with van der Waals surface area (Å²) in [6.07, 6.45) is -0.651. The van der Waals surface area contributed by atoms with Crippen molar-refractivity contribution in [2.75, 3.05) is 31.4 Å². The van der Waals surface area contributed by atoms with Gasteiger partial charge in [0.1, 0.15) is 0 Å². The van der Waals surface area contributed by atoms with E-state index in [1.165, 1.54) is 12.0 Å². The second kappa shape index (κ2) is 8.53. The van der Waals surface area contributed by atoms with Crippen molar-refractivity contribution in [1.82, 2.24) is 14.9 Å². The normalized spacial score (nSPS) is 17.2. The van der Waals surface area contributed by atoms with Gasteiger partial charge in [0, 0.05) is 28.9 Å². The van der Waals surface area contributed by atoms with Crippen LogP contribution in [-0.4, -0.2) is 53.2 Å². The lowest BCUT2D eigenvalue weighted by molar-refractivity contribution is 0.0704. The fourth-order valence-corrected chi connectivity index (χ4v) is 4.54. The lowest BCUT2D eigenvalue weighted by Gasteiger charge is -2.35. The molecule has 0 fully saturated rings. The number of methoxy groups -OCH3 is 1. The summed E-state index contributed by atoms with van der Waals surface area (Å²) in [6.45, 7) is 0.691. The molecular weight excluding hydrogens is 446 g/mol. The second-order valence-corrected chi connectivity index (χ2v) is 8.70. The Morgan fingerprint density at radius 1 is 1.14 bits per heavy atom. The van der Waals surface area contributed by atoms with Crippen LogP contribution in [0.4, 0.5) is 16.4 Å². The number of aliphatic hydroxyl groups is 1. The minimum atomic E-state index is -1.76. The van der Waals surface area contributed by atoms with Crippen molar-refractivity contribution >= 4 is 34.7 Å². The number of aromatic amines is 1. The fraction of sp³-hybridized carbons (Fsp3) is 0.192. The third-order valence-electron chi connectivity index (χ3n) is 6.02. The number of ether oxygens (including phenoxy) is 1. The topological polar surface area (TPSA) is 111 Å². The van der Waals surface area contributed by atoms with Crippen molar-refractivity contribution in [2.24, 2.45) is 0 Å². The highest BCUT2D eigenvalue weighted by Gasteiger charge is 2.50. The number of carbonyl (C=O) groups excluding carboxylic acids is 2. The molecule has 3 N–H and O–H groups in total. The van der Waals surface area contributed by atoms with Gasteiger partial charge >= 0.3 is 6.09 Å². The van der Waals surface area contributed by atoms with E-state index in [0.717, 1.165) is 5.56 Å². The molecule has 1 aliphatic rings. The zero-order valence-corrected chi connectivity index (χ0v) is 19.6. The molecule has 9 nitrogen and oxygen atoms in total. The van der Waals surface area contributed by atoms with Gasteiger partial charge in [0.05, 0.1) is 18.1 Å². The molecule has 1 aliphatic heterocycles. The van der Waals surface area contributed by atoms with Crippen LogP contribution in [0.3, 0.4) is 0 Å². The van der Waals surface area contributed by atoms with E-state index < -0.39 is 11.8 Å². The highest BCUT2D eigenvalue weighted by Crippen LogP contribution is 2.45. The van der Waals surface area contributed by atoms with Crippen LogP contribution in [0.1, 0.15) is 27.0 Å². The van der Waals surface area contributed by atoms with Crippen molar-refractivity contribution in [3.05, 3.63) is 89.0 Å². The molecule has 0 radical (unpaired) electrons. The molecule has 178 valence electrons. The lowest BCUT2D eigenvalue weighted by Crippen LogP contribution is -2.45. The molecule has 0 saturated heterocycles. The first-order valence-electron chi connectivity index (χ1n) is 11.1. The van der Waals surface area contributed by atoms with Crippen LogP contribution in [-0.2, 0) is 17.0 Å². The molecule has 1 aromatic heterocycles. The number of rotatable bonds is 5. The van der Waals surface area contributed by atoms with E-state index in [4.69, 9.17) is 0 Å².